The summed E-state index contributed by atoms with van der Waals surface area (Å²) in [6, 6.07) is 0.777. The summed E-state index contributed by atoms with van der Waals surface area (Å²) in [6.07, 6.45) is 2.38. The Morgan fingerprint density at radius 2 is 2.13 bits per heavy atom. The van der Waals surface area contributed by atoms with Crippen molar-refractivity contribution in [3.05, 3.63) is 29.8 Å². The summed E-state index contributed by atoms with van der Waals surface area (Å²) < 4.78 is 18.8. The lowest BCUT2D eigenvalue weighted by Gasteiger charge is -2.38. The molecule has 1 aliphatic heterocycles. The Morgan fingerprint density at radius 1 is 1.48 bits per heavy atom. The number of hydrogen-bond acceptors (Lipinski definition) is 4. The smallest absolute Gasteiger partial charge is 0.411 e. The summed E-state index contributed by atoms with van der Waals surface area (Å²) in [6.45, 7) is 9.28. The molecule has 128 valence electrons. The quantitative estimate of drug-likeness (QED) is 0.905. The molecule has 5 nitrogen and oxygen atoms in total. The van der Waals surface area contributed by atoms with Crippen LogP contribution in [-0.4, -0.2) is 38.3 Å². The maximum absolute atomic E-state index is 13.4. The van der Waals surface area contributed by atoms with Crippen LogP contribution in [-0.2, 0) is 4.74 Å². The fourth-order valence-corrected chi connectivity index (χ4v) is 3.00. The summed E-state index contributed by atoms with van der Waals surface area (Å²) in [5.41, 5.74) is -0.693. The first kappa shape index (κ1) is 17.7. The molecule has 2 atom stereocenters. The third-order valence-corrected chi connectivity index (χ3v) is 4.06. The second-order valence-corrected chi connectivity index (χ2v) is 7.65. The first-order valence-corrected chi connectivity index (χ1v) is 7.82. The lowest BCUT2D eigenvalue weighted by Crippen LogP contribution is -2.50. The van der Waals surface area contributed by atoms with E-state index in [9.17, 15) is 14.3 Å². The van der Waals surface area contributed by atoms with Gasteiger partial charge in [0.2, 0.25) is 0 Å². The second-order valence-electron chi connectivity index (χ2n) is 7.65. The zero-order valence-corrected chi connectivity index (χ0v) is 14.3. The normalized spacial score (nSPS) is 22.0. The number of ether oxygens (including phenoxy) is 1. The molecule has 1 aromatic heterocycles. The molecular weight excluding hydrogens is 299 g/mol. The zero-order valence-electron chi connectivity index (χ0n) is 14.3. The van der Waals surface area contributed by atoms with Crippen LogP contribution in [0.1, 0.15) is 59.1 Å². The zero-order chi connectivity index (χ0) is 17.4. The van der Waals surface area contributed by atoms with Gasteiger partial charge in [0.05, 0.1) is 12.2 Å². The fourth-order valence-electron chi connectivity index (χ4n) is 3.00. The van der Waals surface area contributed by atoms with Crippen molar-refractivity contribution >= 4 is 6.09 Å². The lowest BCUT2D eigenvalue weighted by molar-refractivity contribution is -0.0167. The van der Waals surface area contributed by atoms with Crippen LogP contribution in [0.15, 0.2) is 18.5 Å². The second kappa shape index (κ2) is 6.07. The standard InChI is InChI=1S/C17H25FN2O3/c1-16(2,3)23-15(22)20-13(6-7-17(20,4)5)14(21)11-8-12(18)10-19-9-11/h8-10,13-14,21H,6-7H2,1-5H3/t13?,14-/m1/s1. The minimum Gasteiger partial charge on any atom is -0.444 e. The Morgan fingerprint density at radius 3 is 2.70 bits per heavy atom. The molecule has 0 aromatic carbocycles. The van der Waals surface area contributed by atoms with Crippen molar-refractivity contribution in [1.82, 2.24) is 9.88 Å². The van der Waals surface area contributed by atoms with Gasteiger partial charge >= 0.3 is 6.09 Å². The number of carbonyl (C=O) groups excluding carboxylic acids is 1. The summed E-state index contributed by atoms with van der Waals surface area (Å²) in [5.74, 6) is -0.511. The Labute approximate surface area is 136 Å². The maximum atomic E-state index is 13.4. The molecule has 2 rings (SSSR count). The van der Waals surface area contributed by atoms with E-state index in [1.807, 2.05) is 13.8 Å². The monoisotopic (exact) mass is 324 g/mol. The topological polar surface area (TPSA) is 62.7 Å². The van der Waals surface area contributed by atoms with E-state index in [2.05, 4.69) is 4.98 Å². The summed E-state index contributed by atoms with van der Waals surface area (Å²) in [7, 11) is 0. The predicted octanol–water partition coefficient (Wildman–Crippen LogP) is 3.43. The minimum atomic E-state index is -1.01. The van der Waals surface area contributed by atoms with Gasteiger partial charge in [-0.25, -0.2) is 9.18 Å². The summed E-state index contributed by atoms with van der Waals surface area (Å²) in [4.78, 5) is 17.9. The molecule has 1 saturated heterocycles. The first-order valence-electron chi connectivity index (χ1n) is 7.82. The highest BCUT2D eigenvalue weighted by atomic mass is 19.1. The molecule has 2 heterocycles. The molecule has 1 unspecified atom stereocenters. The maximum Gasteiger partial charge on any atom is 0.411 e. The Bertz CT molecular complexity index is 583. The molecule has 1 aliphatic rings. The van der Waals surface area contributed by atoms with E-state index in [4.69, 9.17) is 4.74 Å². The molecule has 0 bridgehead atoms. The average molecular weight is 324 g/mol. The SMILES string of the molecule is CC(C)(C)OC(=O)N1C([C@H](O)c2cncc(F)c2)CCC1(C)C. The Kier molecular flexibility index (Phi) is 4.66. The van der Waals surface area contributed by atoms with E-state index < -0.39 is 35.2 Å². The number of amides is 1. The van der Waals surface area contributed by atoms with Crippen molar-refractivity contribution in [2.45, 2.75) is 70.7 Å². The van der Waals surface area contributed by atoms with Crippen LogP contribution >= 0.6 is 0 Å². The van der Waals surface area contributed by atoms with Gasteiger partial charge in [-0.1, -0.05) is 0 Å². The van der Waals surface area contributed by atoms with E-state index >= 15 is 0 Å². The fraction of sp³-hybridized carbons (Fsp3) is 0.647. The molecular formula is C17H25FN2O3. The van der Waals surface area contributed by atoms with Gasteiger partial charge in [-0.3, -0.25) is 9.88 Å². The molecule has 6 heteroatoms. The van der Waals surface area contributed by atoms with E-state index in [1.165, 1.54) is 12.3 Å². The van der Waals surface area contributed by atoms with E-state index in [1.54, 1.807) is 25.7 Å². The van der Waals surface area contributed by atoms with Gasteiger partial charge in [0.25, 0.3) is 0 Å². The predicted molar refractivity (Wildman–Crippen MR) is 84.3 cm³/mol. The van der Waals surface area contributed by atoms with E-state index in [0.717, 1.165) is 12.6 Å². The number of hydrogen-bond donors (Lipinski definition) is 1. The number of aromatic nitrogens is 1. The van der Waals surface area contributed by atoms with Crippen molar-refractivity contribution in [2.24, 2.45) is 0 Å². The number of rotatable bonds is 2. The highest BCUT2D eigenvalue weighted by molar-refractivity contribution is 5.70. The highest BCUT2D eigenvalue weighted by Gasteiger charge is 2.47. The lowest BCUT2D eigenvalue weighted by atomic mass is 10.0. The molecule has 0 aliphatic carbocycles. The summed E-state index contributed by atoms with van der Waals surface area (Å²) >= 11 is 0. The van der Waals surface area contributed by atoms with Crippen molar-refractivity contribution in [1.29, 1.82) is 0 Å². The molecule has 1 fully saturated rings. The molecule has 0 radical (unpaired) electrons. The molecule has 1 amide bonds. The number of aliphatic hydroxyl groups is 1. The number of aliphatic hydroxyl groups excluding tert-OH is 1. The van der Waals surface area contributed by atoms with Crippen LogP contribution in [0.25, 0.3) is 0 Å². The van der Waals surface area contributed by atoms with Crippen LogP contribution in [0.2, 0.25) is 0 Å². The van der Waals surface area contributed by atoms with Gasteiger partial charge in [0.15, 0.2) is 0 Å². The van der Waals surface area contributed by atoms with Crippen LogP contribution in [0.3, 0.4) is 0 Å². The average Bonchev–Trinajstić information content (AvgIpc) is 2.71. The van der Waals surface area contributed by atoms with Gasteiger partial charge in [0.1, 0.15) is 17.5 Å². The van der Waals surface area contributed by atoms with Gasteiger partial charge < -0.3 is 9.84 Å². The minimum absolute atomic E-state index is 0.362. The Balaban J connectivity index is 2.27. The third-order valence-electron chi connectivity index (χ3n) is 4.06. The third kappa shape index (κ3) is 3.99. The van der Waals surface area contributed by atoms with Crippen LogP contribution in [0.4, 0.5) is 9.18 Å². The molecule has 1 aromatic rings. The number of likely N-dealkylation sites (tertiary alicyclic amines) is 1. The number of halogens is 1. The number of pyridine rings is 1. The van der Waals surface area contributed by atoms with Gasteiger partial charge in [-0.15, -0.1) is 0 Å². The van der Waals surface area contributed by atoms with Crippen molar-refractivity contribution < 1.29 is 19.0 Å². The van der Waals surface area contributed by atoms with Crippen molar-refractivity contribution in [3.63, 3.8) is 0 Å². The molecule has 23 heavy (non-hydrogen) atoms. The van der Waals surface area contributed by atoms with Crippen molar-refractivity contribution in [2.75, 3.05) is 0 Å². The summed E-state index contributed by atoms with van der Waals surface area (Å²) in [5, 5.41) is 10.6. The molecule has 1 N–H and O–H groups in total. The number of carbonyl (C=O) groups is 1. The van der Waals surface area contributed by atoms with E-state index in [-0.39, 0.29) is 0 Å². The first-order chi connectivity index (χ1) is 10.5. The van der Waals surface area contributed by atoms with Crippen LogP contribution < -0.4 is 0 Å². The van der Waals surface area contributed by atoms with Crippen LogP contribution in [0, 0.1) is 5.82 Å². The van der Waals surface area contributed by atoms with E-state index in [0.29, 0.717) is 12.0 Å². The highest BCUT2D eigenvalue weighted by Crippen LogP contribution is 2.40. The van der Waals surface area contributed by atoms with Gasteiger partial charge in [-0.05, 0) is 53.5 Å². The van der Waals surface area contributed by atoms with Gasteiger partial charge in [0, 0.05) is 17.3 Å². The van der Waals surface area contributed by atoms with Crippen LogP contribution in [0.5, 0.6) is 0 Å². The molecule has 0 spiro atoms. The van der Waals surface area contributed by atoms with Gasteiger partial charge in [-0.2, -0.15) is 0 Å². The molecule has 0 saturated carbocycles. The Hall–Kier alpha value is -1.69. The largest absolute Gasteiger partial charge is 0.444 e. The number of nitrogens with zero attached hydrogens (tertiary/aromatic N) is 2. The van der Waals surface area contributed by atoms with Crippen molar-refractivity contribution in [3.8, 4) is 0 Å².